The smallest absolute Gasteiger partial charge is 0.244 e. The number of rotatable bonds is 4. The second kappa shape index (κ2) is 6.37. The average Bonchev–Trinajstić information content (AvgIpc) is 3.52. The lowest BCUT2D eigenvalue weighted by atomic mass is 9.85. The molecule has 2 bridgehead atoms. The van der Waals surface area contributed by atoms with Crippen molar-refractivity contribution in [3.63, 3.8) is 0 Å². The van der Waals surface area contributed by atoms with Crippen LogP contribution < -0.4 is 5.32 Å². The van der Waals surface area contributed by atoms with E-state index in [0.717, 1.165) is 27.5 Å². The van der Waals surface area contributed by atoms with Gasteiger partial charge in [0.25, 0.3) is 0 Å². The minimum atomic E-state index is -0.368. The Balaban J connectivity index is 1.13. The van der Waals surface area contributed by atoms with Crippen LogP contribution in [0.1, 0.15) is 6.42 Å². The number of hydrogen-bond acceptors (Lipinski definition) is 5. The Hall–Kier alpha value is -3.26. The first-order valence-electron chi connectivity index (χ1n) is 9.94. The number of carbonyl (C=O) groups excluding carboxylic acids is 3. The Morgan fingerprint density at radius 2 is 1.80 bits per heavy atom. The Bertz CT molecular complexity index is 1170. The van der Waals surface area contributed by atoms with Crippen LogP contribution in [0, 0.1) is 23.7 Å². The number of hydrogen-bond donors (Lipinski definition) is 1. The molecule has 0 spiro atoms. The third-order valence-electron chi connectivity index (χ3n) is 6.42. The molecule has 1 saturated carbocycles. The van der Waals surface area contributed by atoms with E-state index in [0.29, 0.717) is 5.69 Å². The predicted molar refractivity (Wildman–Crippen MR) is 112 cm³/mol. The largest absolute Gasteiger partial charge is 0.325 e. The molecule has 1 saturated heterocycles. The minimum Gasteiger partial charge on any atom is -0.325 e. The van der Waals surface area contributed by atoms with Gasteiger partial charge in [-0.1, -0.05) is 24.3 Å². The van der Waals surface area contributed by atoms with E-state index in [4.69, 9.17) is 0 Å². The highest BCUT2D eigenvalue weighted by Crippen LogP contribution is 2.52. The summed E-state index contributed by atoms with van der Waals surface area (Å²) in [4.78, 5) is 44.6. The molecule has 1 aliphatic heterocycles. The molecule has 2 aliphatic carbocycles. The Labute approximate surface area is 176 Å². The highest BCUT2D eigenvalue weighted by atomic mass is 32.1. The summed E-state index contributed by atoms with van der Waals surface area (Å²) in [5.74, 6) is -1.02. The van der Waals surface area contributed by atoms with Crippen LogP contribution in [0.25, 0.3) is 16.2 Å². The normalized spacial score (nSPS) is 26.7. The summed E-state index contributed by atoms with van der Waals surface area (Å²) in [6, 6.07) is 7.38. The number of aromatic nitrogens is 2. The van der Waals surface area contributed by atoms with Gasteiger partial charge in [0.05, 0.1) is 17.5 Å². The van der Waals surface area contributed by atoms with Crippen LogP contribution >= 0.6 is 11.3 Å². The van der Waals surface area contributed by atoms with Crippen molar-refractivity contribution in [2.75, 3.05) is 11.9 Å². The number of benzene rings is 1. The van der Waals surface area contributed by atoms with Crippen LogP contribution in [0.3, 0.4) is 0 Å². The molecule has 3 amide bonds. The summed E-state index contributed by atoms with van der Waals surface area (Å²) in [7, 11) is 0. The molecular formula is C22H18N4O3S. The van der Waals surface area contributed by atoms with Crippen LogP contribution in [0.15, 0.2) is 54.2 Å². The van der Waals surface area contributed by atoms with Crippen molar-refractivity contribution in [1.82, 2.24) is 14.3 Å². The van der Waals surface area contributed by atoms with Crippen molar-refractivity contribution in [1.29, 1.82) is 0 Å². The minimum absolute atomic E-state index is 0.148. The van der Waals surface area contributed by atoms with Crippen molar-refractivity contribution in [2.45, 2.75) is 6.42 Å². The fraction of sp³-hybridized carbons (Fsp3) is 0.273. The molecule has 30 heavy (non-hydrogen) atoms. The van der Waals surface area contributed by atoms with Crippen LogP contribution in [-0.4, -0.2) is 38.6 Å². The van der Waals surface area contributed by atoms with Crippen molar-refractivity contribution in [3.8, 4) is 11.3 Å². The number of nitrogens with one attached hydrogen (secondary N) is 1. The highest BCUT2D eigenvalue weighted by molar-refractivity contribution is 7.15. The molecule has 1 N–H and O–H groups in total. The molecule has 3 aliphatic rings. The monoisotopic (exact) mass is 418 g/mol. The molecule has 2 aromatic heterocycles. The number of allylic oxidation sites excluding steroid dienone is 2. The standard InChI is InChI=1S/C22H18N4O3S/c27-17(11-26-20(28)18-13-1-2-14(9-13)19(18)21(26)29)23-15-5-3-12(4-6-15)16-10-25-7-8-30-22(25)24-16/h1-8,10,13-14,18-19H,9,11H2,(H,23,27). The maximum absolute atomic E-state index is 12.7. The van der Waals surface area contributed by atoms with Gasteiger partial charge in [0.15, 0.2) is 4.96 Å². The van der Waals surface area contributed by atoms with E-state index in [1.54, 1.807) is 23.5 Å². The number of carbonyl (C=O) groups is 3. The van der Waals surface area contributed by atoms with Crippen LogP contribution in [0.4, 0.5) is 5.69 Å². The van der Waals surface area contributed by atoms with Gasteiger partial charge in [0, 0.05) is 29.0 Å². The molecule has 2 fully saturated rings. The van der Waals surface area contributed by atoms with E-state index >= 15 is 0 Å². The molecule has 8 heteroatoms. The zero-order valence-corrected chi connectivity index (χ0v) is 16.7. The van der Waals surface area contributed by atoms with Crippen molar-refractivity contribution < 1.29 is 14.4 Å². The molecule has 0 radical (unpaired) electrons. The van der Waals surface area contributed by atoms with Gasteiger partial charge >= 0.3 is 0 Å². The highest BCUT2D eigenvalue weighted by Gasteiger charge is 2.59. The van der Waals surface area contributed by atoms with Gasteiger partial charge in [-0.15, -0.1) is 11.3 Å². The lowest BCUT2D eigenvalue weighted by Gasteiger charge is -2.16. The summed E-state index contributed by atoms with van der Waals surface area (Å²) in [6.45, 7) is -0.233. The topological polar surface area (TPSA) is 83.8 Å². The van der Waals surface area contributed by atoms with Crippen molar-refractivity contribution in [2.24, 2.45) is 23.7 Å². The number of imidazole rings is 1. The number of fused-ring (bicyclic) bond motifs is 6. The summed E-state index contributed by atoms with van der Waals surface area (Å²) in [5, 5.41) is 4.77. The second-order valence-electron chi connectivity index (χ2n) is 8.11. The molecular weight excluding hydrogens is 400 g/mol. The van der Waals surface area contributed by atoms with Gasteiger partial charge in [-0.2, -0.15) is 0 Å². The van der Waals surface area contributed by atoms with Crippen LogP contribution in [-0.2, 0) is 14.4 Å². The zero-order chi connectivity index (χ0) is 20.4. The number of likely N-dealkylation sites (tertiary alicyclic amines) is 1. The number of nitrogens with zero attached hydrogens (tertiary/aromatic N) is 3. The summed E-state index contributed by atoms with van der Waals surface area (Å²) < 4.78 is 1.97. The number of thiazole rings is 1. The maximum atomic E-state index is 12.7. The first kappa shape index (κ1) is 17.6. The van der Waals surface area contributed by atoms with Gasteiger partial charge in [-0.05, 0) is 30.4 Å². The Morgan fingerprint density at radius 1 is 1.10 bits per heavy atom. The maximum Gasteiger partial charge on any atom is 0.244 e. The van der Waals surface area contributed by atoms with E-state index in [1.165, 1.54) is 0 Å². The molecule has 1 aromatic carbocycles. The van der Waals surface area contributed by atoms with E-state index in [2.05, 4.69) is 10.3 Å². The Morgan fingerprint density at radius 3 is 2.47 bits per heavy atom. The summed E-state index contributed by atoms with van der Waals surface area (Å²) in [5.41, 5.74) is 2.43. The third kappa shape index (κ3) is 2.56. The number of imide groups is 1. The molecule has 3 heterocycles. The Kier molecular flexibility index (Phi) is 3.73. The molecule has 3 aromatic rings. The molecule has 150 valence electrons. The molecule has 7 nitrogen and oxygen atoms in total. The first-order valence-corrected chi connectivity index (χ1v) is 10.8. The average molecular weight is 418 g/mol. The zero-order valence-electron chi connectivity index (χ0n) is 15.9. The van der Waals surface area contributed by atoms with E-state index < -0.39 is 0 Å². The molecule has 6 rings (SSSR count). The lowest BCUT2D eigenvalue weighted by molar-refractivity contribution is -0.143. The number of amides is 3. The predicted octanol–water partition coefficient (Wildman–Crippen LogP) is 2.81. The van der Waals surface area contributed by atoms with Crippen molar-refractivity contribution >= 4 is 39.7 Å². The van der Waals surface area contributed by atoms with Crippen LogP contribution in [0.5, 0.6) is 0 Å². The van der Waals surface area contributed by atoms with Gasteiger partial charge in [-0.25, -0.2) is 4.98 Å². The fourth-order valence-corrected chi connectivity index (χ4v) is 5.75. The first-order chi connectivity index (χ1) is 14.6. The van der Waals surface area contributed by atoms with E-state index in [1.807, 2.05) is 46.5 Å². The lowest BCUT2D eigenvalue weighted by Crippen LogP contribution is -2.39. The van der Waals surface area contributed by atoms with Crippen molar-refractivity contribution in [3.05, 3.63) is 54.2 Å². The number of anilines is 1. The van der Waals surface area contributed by atoms with Gasteiger partial charge < -0.3 is 5.32 Å². The quantitative estimate of drug-likeness (QED) is 0.522. The van der Waals surface area contributed by atoms with Gasteiger partial charge in [0.1, 0.15) is 6.54 Å². The molecule has 4 atom stereocenters. The van der Waals surface area contributed by atoms with Gasteiger partial charge in [-0.3, -0.25) is 23.7 Å². The van der Waals surface area contributed by atoms with Gasteiger partial charge in [0.2, 0.25) is 17.7 Å². The fourth-order valence-electron chi connectivity index (χ4n) is 5.05. The summed E-state index contributed by atoms with van der Waals surface area (Å²) in [6.07, 6.45) is 8.90. The third-order valence-corrected chi connectivity index (χ3v) is 7.19. The molecule has 4 unspecified atom stereocenters. The summed E-state index contributed by atoms with van der Waals surface area (Å²) >= 11 is 1.57. The second-order valence-corrected chi connectivity index (χ2v) is 8.98. The van der Waals surface area contributed by atoms with Crippen LogP contribution in [0.2, 0.25) is 0 Å². The van der Waals surface area contributed by atoms with E-state index in [-0.39, 0.29) is 47.9 Å². The SMILES string of the molecule is O=C(CN1C(=O)C2C3C=CC(C3)C2C1=O)Nc1ccc(-c2cn3ccsc3n2)cc1. The van der Waals surface area contributed by atoms with E-state index in [9.17, 15) is 14.4 Å².